The Balaban J connectivity index is 3.21. The van der Waals surface area contributed by atoms with Gasteiger partial charge in [-0.1, -0.05) is 12.1 Å². The second-order valence-electron chi connectivity index (χ2n) is 4.88. The van der Waals surface area contributed by atoms with Crippen molar-refractivity contribution in [2.24, 2.45) is 0 Å². The molecule has 0 aliphatic heterocycles. The molecule has 0 heterocycles. The Hall–Kier alpha value is -1.86. The molecule has 0 bridgehead atoms. The van der Waals surface area contributed by atoms with Gasteiger partial charge in [0, 0.05) is 11.1 Å². The first-order valence-corrected chi connectivity index (χ1v) is 6.97. The van der Waals surface area contributed by atoms with Crippen LogP contribution in [0.15, 0.2) is 36.4 Å². The average Bonchev–Trinajstić information content (AvgIpc) is 2.46. The van der Waals surface area contributed by atoms with Crippen LogP contribution in [0.2, 0.25) is 0 Å². The van der Waals surface area contributed by atoms with Crippen LogP contribution in [0, 0.1) is 0 Å². The molecular weight excluding hydrogens is 344 g/mol. The van der Waals surface area contributed by atoms with Crippen molar-refractivity contribution in [3.63, 3.8) is 0 Å². The van der Waals surface area contributed by atoms with Crippen molar-refractivity contribution < 1.29 is 35.1 Å². The van der Waals surface area contributed by atoms with E-state index in [1.807, 2.05) is 0 Å². The zero-order valence-electron chi connectivity index (χ0n) is 12.3. The topological polar surface area (TPSA) is 0 Å². The van der Waals surface area contributed by atoms with Gasteiger partial charge in [-0.25, -0.2) is 17.6 Å². The quantitative estimate of drug-likeness (QED) is 0.440. The molecule has 0 saturated carbocycles. The van der Waals surface area contributed by atoms with Crippen molar-refractivity contribution >= 4 is 0 Å². The Kier molecular flexibility index (Phi) is 7.94. The molecule has 0 N–H and O–H groups in total. The molecule has 0 unspecified atom stereocenters. The Morgan fingerprint density at radius 3 is 1.29 bits per heavy atom. The van der Waals surface area contributed by atoms with E-state index in [1.165, 1.54) is 0 Å². The van der Waals surface area contributed by atoms with E-state index in [4.69, 9.17) is 0 Å². The fraction of sp³-hybridized carbons (Fsp3) is 0.375. The molecule has 0 aromatic heterocycles. The summed E-state index contributed by atoms with van der Waals surface area (Å²) in [6.45, 7) is 0. The number of benzene rings is 1. The lowest BCUT2D eigenvalue weighted by atomic mass is 9.91. The van der Waals surface area contributed by atoms with Gasteiger partial charge in [-0.3, -0.25) is 0 Å². The van der Waals surface area contributed by atoms with E-state index < -0.39 is 36.1 Å². The Labute approximate surface area is 133 Å². The number of halogens is 8. The van der Waals surface area contributed by atoms with Crippen LogP contribution in [0.5, 0.6) is 0 Å². The second-order valence-corrected chi connectivity index (χ2v) is 4.88. The first-order chi connectivity index (χ1) is 11.2. The number of hydrogen-bond acceptors (Lipinski definition) is 0. The summed E-state index contributed by atoms with van der Waals surface area (Å²) in [5, 5.41) is 0. The third-order valence-electron chi connectivity index (χ3n) is 3.33. The highest BCUT2D eigenvalue weighted by Crippen LogP contribution is 2.37. The van der Waals surface area contributed by atoms with Gasteiger partial charge in [-0.05, 0) is 49.0 Å². The molecule has 0 radical (unpaired) electrons. The van der Waals surface area contributed by atoms with E-state index in [2.05, 4.69) is 0 Å². The second kappa shape index (κ2) is 9.44. The molecule has 0 aliphatic carbocycles. The number of hydrogen-bond donors (Lipinski definition) is 0. The predicted octanol–water partition coefficient (Wildman–Crippen LogP) is 6.99. The maximum absolute atomic E-state index is 13.2. The molecule has 0 aliphatic rings. The molecule has 0 atom stereocenters. The fourth-order valence-electron chi connectivity index (χ4n) is 2.35. The molecule has 0 amide bonds. The summed E-state index contributed by atoms with van der Waals surface area (Å²) >= 11 is 0. The maximum Gasteiger partial charge on any atom is 0.266 e. The molecule has 0 spiro atoms. The van der Waals surface area contributed by atoms with Crippen molar-refractivity contribution in [2.45, 2.75) is 38.5 Å². The summed E-state index contributed by atoms with van der Waals surface area (Å²) in [6, 6.07) is 2.31. The van der Waals surface area contributed by atoms with Gasteiger partial charge in [-0.15, -0.1) is 0 Å². The monoisotopic (exact) mass is 358 g/mol. The highest BCUT2D eigenvalue weighted by Gasteiger charge is 2.25. The fourth-order valence-corrected chi connectivity index (χ4v) is 2.35. The van der Waals surface area contributed by atoms with Crippen molar-refractivity contribution in [1.29, 1.82) is 0 Å². The minimum absolute atomic E-state index is 0.159. The normalized spacial score (nSPS) is 11.1. The molecule has 134 valence electrons. The summed E-state index contributed by atoms with van der Waals surface area (Å²) in [5.74, 6) is 0. The molecule has 1 aromatic carbocycles. The van der Waals surface area contributed by atoms with E-state index in [0.717, 1.165) is 12.1 Å². The summed E-state index contributed by atoms with van der Waals surface area (Å²) in [7, 11) is 0. The molecular formula is C16H14F8. The number of aryl methyl sites for hydroxylation is 2. The van der Waals surface area contributed by atoms with Crippen molar-refractivity contribution in [2.75, 3.05) is 0 Å². The van der Waals surface area contributed by atoms with Crippen LogP contribution in [0.3, 0.4) is 0 Å². The first-order valence-electron chi connectivity index (χ1n) is 6.97. The SMILES string of the molecule is FC(F)=CCCc1ccc(CCC=C(F)F)c(C(F)F)c1C(F)F. The summed E-state index contributed by atoms with van der Waals surface area (Å²) in [5.41, 5.74) is -2.12. The van der Waals surface area contributed by atoms with E-state index in [9.17, 15) is 35.1 Å². The van der Waals surface area contributed by atoms with Crippen molar-refractivity contribution in [1.82, 2.24) is 0 Å². The van der Waals surface area contributed by atoms with Crippen LogP contribution in [0.4, 0.5) is 35.1 Å². The van der Waals surface area contributed by atoms with E-state index in [-0.39, 0.29) is 36.8 Å². The first kappa shape index (κ1) is 20.2. The smallest absolute Gasteiger partial charge is 0.205 e. The van der Waals surface area contributed by atoms with Crippen molar-refractivity contribution in [3.05, 3.63) is 58.7 Å². The van der Waals surface area contributed by atoms with Gasteiger partial charge in [0.1, 0.15) is 0 Å². The van der Waals surface area contributed by atoms with Gasteiger partial charge in [0.2, 0.25) is 0 Å². The third-order valence-corrected chi connectivity index (χ3v) is 3.33. The van der Waals surface area contributed by atoms with Gasteiger partial charge >= 0.3 is 0 Å². The van der Waals surface area contributed by atoms with E-state index in [0.29, 0.717) is 12.2 Å². The number of rotatable bonds is 8. The predicted molar refractivity (Wildman–Crippen MR) is 73.6 cm³/mol. The van der Waals surface area contributed by atoms with Crippen LogP contribution in [-0.2, 0) is 12.8 Å². The van der Waals surface area contributed by atoms with Crippen LogP contribution in [-0.4, -0.2) is 0 Å². The maximum atomic E-state index is 13.2. The summed E-state index contributed by atoms with van der Waals surface area (Å²) in [6.07, 6.45) is -10.5. The van der Waals surface area contributed by atoms with Crippen LogP contribution in [0.25, 0.3) is 0 Å². The Morgan fingerprint density at radius 2 is 1.04 bits per heavy atom. The molecule has 1 rings (SSSR count). The third kappa shape index (κ3) is 5.98. The molecule has 24 heavy (non-hydrogen) atoms. The molecule has 0 nitrogen and oxygen atoms in total. The lowest BCUT2D eigenvalue weighted by Gasteiger charge is -2.17. The lowest BCUT2D eigenvalue weighted by Crippen LogP contribution is -2.06. The standard InChI is InChI=1S/C16H14F8/c17-11(18)5-1-3-9-7-8-10(4-2-6-12(19)20)14(16(23)24)13(9)15(21)22/h5-8,15-16H,1-4H2. The largest absolute Gasteiger partial charge is 0.266 e. The minimum atomic E-state index is -3.23. The van der Waals surface area contributed by atoms with E-state index >= 15 is 0 Å². The highest BCUT2D eigenvalue weighted by atomic mass is 19.3. The lowest BCUT2D eigenvalue weighted by molar-refractivity contribution is 0.122. The van der Waals surface area contributed by atoms with Gasteiger partial charge in [0.15, 0.2) is 0 Å². The van der Waals surface area contributed by atoms with Crippen molar-refractivity contribution in [3.8, 4) is 0 Å². The number of allylic oxidation sites excluding steroid dienone is 2. The molecule has 1 aromatic rings. The van der Waals surface area contributed by atoms with Crippen LogP contribution < -0.4 is 0 Å². The average molecular weight is 358 g/mol. The highest BCUT2D eigenvalue weighted by molar-refractivity contribution is 5.43. The van der Waals surface area contributed by atoms with E-state index in [1.54, 1.807) is 0 Å². The summed E-state index contributed by atoms with van der Waals surface area (Å²) in [4.78, 5) is 0. The minimum Gasteiger partial charge on any atom is -0.205 e. The zero-order chi connectivity index (χ0) is 18.3. The van der Waals surface area contributed by atoms with Crippen LogP contribution >= 0.6 is 0 Å². The summed E-state index contributed by atoms with van der Waals surface area (Å²) < 4.78 is 101. The Morgan fingerprint density at radius 1 is 0.708 bits per heavy atom. The zero-order valence-corrected chi connectivity index (χ0v) is 12.3. The van der Waals surface area contributed by atoms with Gasteiger partial charge in [0.05, 0.1) is 0 Å². The Bertz CT molecular complexity index is 543. The molecule has 0 fully saturated rings. The van der Waals surface area contributed by atoms with Gasteiger partial charge < -0.3 is 0 Å². The van der Waals surface area contributed by atoms with Gasteiger partial charge in [-0.2, -0.15) is 17.6 Å². The van der Waals surface area contributed by atoms with Crippen LogP contribution in [0.1, 0.15) is 47.9 Å². The molecule has 8 heteroatoms. The number of alkyl halides is 4. The van der Waals surface area contributed by atoms with Gasteiger partial charge in [0.25, 0.3) is 25.0 Å². The molecule has 0 saturated heterocycles.